The van der Waals surface area contributed by atoms with Gasteiger partial charge in [-0.1, -0.05) is 25.7 Å². The van der Waals surface area contributed by atoms with E-state index in [9.17, 15) is 9.90 Å². The predicted molar refractivity (Wildman–Crippen MR) is 75.5 cm³/mol. The molecular formula is C15H28N2O2. The van der Waals surface area contributed by atoms with Crippen LogP contribution in [-0.2, 0) is 4.79 Å². The fourth-order valence-corrected chi connectivity index (χ4v) is 3.64. The zero-order valence-electron chi connectivity index (χ0n) is 12.1. The number of likely N-dealkylation sites (tertiary alicyclic amines) is 1. The Hall–Kier alpha value is -0.610. The van der Waals surface area contributed by atoms with Gasteiger partial charge in [0.1, 0.15) is 0 Å². The van der Waals surface area contributed by atoms with Gasteiger partial charge in [0.05, 0.1) is 12.0 Å². The number of hydrogen-bond donors (Lipinski definition) is 2. The summed E-state index contributed by atoms with van der Waals surface area (Å²) in [5, 5.41) is 10.2. The second kappa shape index (κ2) is 6.71. The third-order valence-electron chi connectivity index (χ3n) is 4.94. The fourth-order valence-electron chi connectivity index (χ4n) is 3.64. The minimum absolute atomic E-state index is 0.0325. The summed E-state index contributed by atoms with van der Waals surface area (Å²) in [6.45, 7) is 3.60. The smallest absolute Gasteiger partial charge is 0.221 e. The Bertz CT molecular complexity index is 303. The Morgan fingerprint density at radius 1 is 1.32 bits per heavy atom. The first-order valence-electron chi connectivity index (χ1n) is 7.77. The van der Waals surface area contributed by atoms with E-state index in [-0.39, 0.29) is 17.9 Å². The van der Waals surface area contributed by atoms with E-state index in [1.54, 1.807) is 0 Å². The number of aliphatic hydroxyl groups is 1. The summed E-state index contributed by atoms with van der Waals surface area (Å²) in [6, 6.07) is 0.453. The lowest BCUT2D eigenvalue weighted by atomic mass is 9.92. The molecule has 2 fully saturated rings. The maximum Gasteiger partial charge on any atom is 0.221 e. The Morgan fingerprint density at radius 3 is 2.63 bits per heavy atom. The lowest BCUT2D eigenvalue weighted by molar-refractivity contribution is -0.124. The van der Waals surface area contributed by atoms with Gasteiger partial charge in [-0.05, 0) is 32.1 Å². The van der Waals surface area contributed by atoms with Crippen LogP contribution in [0.15, 0.2) is 0 Å². The Labute approximate surface area is 116 Å². The van der Waals surface area contributed by atoms with E-state index in [2.05, 4.69) is 11.8 Å². The molecule has 4 nitrogen and oxygen atoms in total. The lowest BCUT2D eigenvalue weighted by Crippen LogP contribution is -2.48. The molecule has 1 aliphatic heterocycles. The van der Waals surface area contributed by atoms with E-state index in [4.69, 9.17) is 5.73 Å². The van der Waals surface area contributed by atoms with Crippen molar-refractivity contribution in [1.29, 1.82) is 0 Å². The molecule has 3 N–H and O–H groups in total. The van der Waals surface area contributed by atoms with Gasteiger partial charge in [-0.3, -0.25) is 9.69 Å². The summed E-state index contributed by atoms with van der Waals surface area (Å²) >= 11 is 0. The molecule has 0 radical (unpaired) electrons. The molecule has 1 saturated heterocycles. The molecule has 0 aromatic carbocycles. The van der Waals surface area contributed by atoms with Crippen molar-refractivity contribution in [3.8, 4) is 0 Å². The first-order valence-corrected chi connectivity index (χ1v) is 7.77. The number of piperidine rings is 1. The molecule has 0 aromatic rings. The molecule has 2 rings (SSSR count). The van der Waals surface area contributed by atoms with Crippen molar-refractivity contribution in [2.24, 2.45) is 17.6 Å². The van der Waals surface area contributed by atoms with E-state index in [0.717, 1.165) is 25.8 Å². The SMILES string of the molecule is CC1CCC(C(N)=O)CN1CC(O)CC1CCCC1. The number of nitrogens with two attached hydrogens (primary N) is 1. The van der Waals surface area contributed by atoms with Crippen molar-refractivity contribution in [3.63, 3.8) is 0 Å². The van der Waals surface area contributed by atoms with Crippen LogP contribution in [0.4, 0.5) is 0 Å². The van der Waals surface area contributed by atoms with Crippen LogP contribution in [0.1, 0.15) is 51.9 Å². The summed E-state index contributed by atoms with van der Waals surface area (Å²) in [5.74, 6) is 0.485. The molecule has 0 bridgehead atoms. The summed E-state index contributed by atoms with van der Waals surface area (Å²) in [7, 11) is 0. The number of rotatable bonds is 5. The Morgan fingerprint density at radius 2 is 2.00 bits per heavy atom. The van der Waals surface area contributed by atoms with Crippen LogP contribution in [0.3, 0.4) is 0 Å². The van der Waals surface area contributed by atoms with Crippen LogP contribution in [0.5, 0.6) is 0 Å². The maximum atomic E-state index is 11.3. The van der Waals surface area contributed by atoms with Crippen LogP contribution in [0, 0.1) is 11.8 Å². The van der Waals surface area contributed by atoms with Gasteiger partial charge in [-0.2, -0.15) is 0 Å². The Kier molecular flexibility index (Phi) is 5.22. The van der Waals surface area contributed by atoms with Crippen molar-refractivity contribution in [3.05, 3.63) is 0 Å². The molecule has 1 saturated carbocycles. The number of nitrogens with zero attached hydrogens (tertiary/aromatic N) is 1. The molecule has 0 aromatic heterocycles. The number of β-amino-alcohol motifs (C(OH)–C–C–N with tert-alkyl or cyclic N) is 1. The van der Waals surface area contributed by atoms with E-state index in [1.165, 1.54) is 25.7 Å². The minimum atomic E-state index is -0.253. The van der Waals surface area contributed by atoms with Gasteiger partial charge in [-0.15, -0.1) is 0 Å². The normalized spacial score (nSPS) is 31.5. The van der Waals surface area contributed by atoms with E-state index in [1.807, 2.05) is 0 Å². The van der Waals surface area contributed by atoms with Crippen LogP contribution >= 0.6 is 0 Å². The molecule has 1 heterocycles. The number of hydrogen-bond acceptors (Lipinski definition) is 3. The molecule has 110 valence electrons. The molecule has 19 heavy (non-hydrogen) atoms. The van der Waals surface area contributed by atoms with Gasteiger partial charge in [0.15, 0.2) is 0 Å². The predicted octanol–water partition coefficient (Wildman–Crippen LogP) is 1.51. The third-order valence-corrected chi connectivity index (χ3v) is 4.94. The van der Waals surface area contributed by atoms with Crippen molar-refractivity contribution >= 4 is 5.91 Å². The quantitative estimate of drug-likeness (QED) is 0.794. The average Bonchev–Trinajstić information content (AvgIpc) is 2.84. The summed E-state index contributed by atoms with van der Waals surface area (Å²) in [6.07, 6.45) is 7.76. The standard InChI is InChI=1S/C15H28N2O2/c1-11-6-7-13(15(16)19)9-17(11)10-14(18)8-12-4-2-3-5-12/h11-14,18H,2-10H2,1H3,(H2,16,19). The molecule has 2 aliphatic rings. The monoisotopic (exact) mass is 268 g/mol. The topological polar surface area (TPSA) is 66.6 Å². The highest BCUT2D eigenvalue weighted by atomic mass is 16.3. The van der Waals surface area contributed by atoms with Crippen LogP contribution in [-0.4, -0.2) is 41.1 Å². The van der Waals surface area contributed by atoms with Crippen LogP contribution in [0.2, 0.25) is 0 Å². The number of amides is 1. The fraction of sp³-hybridized carbons (Fsp3) is 0.933. The molecule has 4 heteroatoms. The largest absolute Gasteiger partial charge is 0.392 e. The highest BCUT2D eigenvalue weighted by molar-refractivity contribution is 5.76. The second-order valence-electron chi connectivity index (χ2n) is 6.52. The van der Waals surface area contributed by atoms with Crippen molar-refractivity contribution < 1.29 is 9.90 Å². The summed E-state index contributed by atoms with van der Waals surface area (Å²) in [4.78, 5) is 13.6. The second-order valence-corrected chi connectivity index (χ2v) is 6.52. The number of primary amides is 1. The average molecular weight is 268 g/mol. The van der Waals surface area contributed by atoms with Gasteiger partial charge in [0, 0.05) is 19.1 Å². The number of carbonyl (C=O) groups is 1. The molecule has 1 aliphatic carbocycles. The Balaban J connectivity index is 1.80. The van der Waals surface area contributed by atoms with E-state index in [0.29, 0.717) is 18.5 Å². The van der Waals surface area contributed by atoms with Crippen LogP contribution < -0.4 is 5.73 Å². The molecule has 1 amide bonds. The highest BCUT2D eigenvalue weighted by Crippen LogP contribution is 2.29. The zero-order valence-corrected chi connectivity index (χ0v) is 12.1. The van der Waals surface area contributed by atoms with Crippen molar-refractivity contribution in [1.82, 2.24) is 4.90 Å². The van der Waals surface area contributed by atoms with Gasteiger partial charge in [-0.25, -0.2) is 0 Å². The molecular weight excluding hydrogens is 240 g/mol. The first kappa shape index (κ1) is 14.8. The zero-order chi connectivity index (χ0) is 13.8. The van der Waals surface area contributed by atoms with Crippen molar-refractivity contribution in [2.45, 2.75) is 64.0 Å². The first-order chi connectivity index (χ1) is 9.06. The van der Waals surface area contributed by atoms with Gasteiger partial charge in [0.25, 0.3) is 0 Å². The van der Waals surface area contributed by atoms with Gasteiger partial charge >= 0.3 is 0 Å². The maximum absolute atomic E-state index is 11.3. The van der Waals surface area contributed by atoms with E-state index >= 15 is 0 Å². The minimum Gasteiger partial charge on any atom is -0.392 e. The van der Waals surface area contributed by atoms with Gasteiger partial charge < -0.3 is 10.8 Å². The number of carbonyl (C=O) groups excluding carboxylic acids is 1. The molecule has 0 spiro atoms. The van der Waals surface area contributed by atoms with Crippen molar-refractivity contribution in [2.75, 3.05) is 13.1 Å². The third kappa shape index (κ3) is 4.18. The van der Waals surface area contributed by atoms with Crippen LogP contribution in [0.25, 0.3) is 0 Å². The summed E-state index contributed by atoms with van der Waals surface area (Å²) in [5.41, 5.74) is 5.41. The molecule has 3 unspecified atom stereocenters. The lowest BCUT2D eigenvalue weighted by Gasteiger charge is -2.38. The molecule has 3 atom stereocenters. The summed E-state index contributed by atoms with van der Waals surface area (Å²) < 4.78 is 0. The van der Waals surface area contributed by atoms with Gasteiger partial charge in [0.2, 0.25) is 5.91 Å². The highest BCUT2D eigenvalue weighted by Gasteiger charge is 2.30. The van der Waals surface area contributed by atoms with E-state index < -0.39 is 0 Å². The number of aliphatic hydroxyl groups excluding tert-OH is 1.